The molecule has 25 heavy (non-hydrogen) atoms. The van der Waals surface area contributed by atoms with Gasteiger partial charge in [-0.15, -0.1) is 0 Å². The van der Waals surface area contributed by atoms with Crippen LogP contribution in [-0.4, -0.2) is 59.0 Å². The summed E-state index contributed by atoms with van der Waals surface area (Å²) in [5, 5.41) is 11.4. The van der Waals surface area contributed by atoms with Crippen LogP contribution >= 0.6 is 0 Å². The Hall–Kier alpha value is -2.44. The van der Waals surface area contributed by atoms with Gasteiger partial charge in [0.2, 0.25) is 0 Å². The molecule has 0 saturated carbocycles. The minimum absolute atomic E-state index is 0.0870. The number of nitrogens with two attached hydrogens (primary N) is 1. The van der Waals surface area contributed by atoms with E-state index in [-0.39, 0.29) is 11.9 Å². The van der Waals surface area contributed by atoms with E-state index in [0.717, 1.165) is 5.56 Å². The first-order chi connectivity index (χ1) is 11.9. The topological polar surface area (TPSA) is 82.7 Å². The highest BCUT2D eigenvalue weighted by atomic mass is 16.3. The van der Waals surface area contributed by atoms with Gasteiger partial charge >= 0.3 is 0 Å². The molecule has 3 N–H and O–H groups in total. The predicted octanol–water partition coefficient (Wildman–Crippen LogP) is 1.33. The maximum Gasteiger partial charge on any atom is 0.254 e. The number of piperidine rings is 1. The number of carbonyl (C=O) groups excluding carboxylic acids is 1. The SMILES string of the molecule is CN(C)[C@@H]1CN(C(=O)c2ccnc(N)c2)CC[C@]1(O)c1ccccc1. The summed E-state index contributed by atoms with van der Waals surface area (Å²) in [6.45, 7) is 0.927. The van der Waals surface area contributed by atoms with Crippen LogP contribution in [0.3, 0.4) is 0 Å². The van der Waals surface area contributed by atoms with Gasteiger partial charge in [-0.25, -0.2) is 4.98 Å². The molecule has 0 aliphatic carbocycles. The van der Waals surface area contributed by atoms with E-state index in [1.165, 1.54) is 6.20 Å². The predicted molar refractivity (Wildman–Crippen MR) is 97.0 cm³/mol. The number of likely N-dealkylation sites (tertiary alicyclic amines) is 1. The molecule has 1 amide bonds. The minimum atomic E-state index is -0.987. The number of amides is 1. The second-order valence-corrected chi connectivity index (χ2v) is 6.74. The first-order valence-corrected chi connectivity index (χ1v) is 8.37. The molecule has 3 rings (SSSR count). The van der Waals surface area contributed by atoms with E-state index in [4.69, 9.17) is 5.73 Å². The lowest BCUT2D eigenvalue weighted by Crippen LogP contribution is -2.60. The second-order valence-electron chi connectivity index (χ2n) is 6.74. The van der Waals surface area contributed by atoms with Gasteiger partial charge in [0.15, 0.2) is 0 Å². The summed E-state index contributed by atoms with van der Waals surface area (Å²) in [6.07, 6.45) is 2.02. The van der Waals surface area contributed by atoms with Gasteiger partial charge in [-0.1, -0.05) is 30.3 Å². The summed E-state index contributed by atoms with van der Waals surface area (Å²) >= 11 is 0. The average molecular weight is 340 g/mol. The Balaban J connectivity index is 1.86. The van der Waals surface area contributed by atoms with Gasteiger partial charge in [-0.05, 0) is 38.2 Å². The third-order valence-corrected chi connectivity index (χ3v) is 4.92. The van der Waals surface area contributed by atoms with E-state index in [9.17, 15) is 9.90 Å². The summed E-state index contributed by atoms with van der Waals surface area (Å²) in [7, 11) is 3.86. The summed E-state index contributed by atoms with van der Waals surface area (Å²) in [6, 6.07) is 12.7. The molecule has 6 heteroatoms. The summed E-state index contributed by atoms with van der Waals surface area (Å²) < 4.78 is 0. The second kappa shape index (κ2) is 6.82. The van der Waals surface area contributed by atoms with Gasteiger partial charge in [-0.3, -0.25) is 4.79 Å². The zero-order valence-corrected chi connectivity index (χ0v) is 14.6. The monoisotopic (exact) mass is 340 g/mol. The van der Waals surface area contributed by atoms with Crippen molar-refractivity contribution in [1.82, 2.24) is 14.8 Å². The molecule has 1 saturated heterocycles. The van der Waals surface area contributed by atoms with Gasteiger partial charge in [0, 0.05) is 24.8 Å². The number of aromatic nitrogens is 1. The Kier molecular flexibility index (Phi) is 4.74. The van der Waals surface area contributed by atoms with Crippen molar-refractivity contribution in [3.63, 3.8) is 0 Å². The van der Waals surface area contributed by atoms with Crippen molar-refractivity contribution in [2.24, 2.45) is 0 Å². The molecular weight excluding hydrogens is 316 g/mol. The van der Waals surface area contributed by atoms with Crippen LogP contribution in [0.1, 0.15) is 22.3 Å². The normalized spacial score (nSPS) is 23.7. The van der Waals surface area contributed by atoms with Crippen molar-refractivity contribution >= 4 is 11.7 Å². The zero-order chi connectivity index (χ0) is 18.0. The molecule has 1 fully saturated rings. The van der Waals surface area contributed by atoms with Crippen molar-refractivity contribution in [2.75, 3.05) is 32.9 Å². The Morgan fingerprint density at radius 1 is 1.32 bits per heavy atom. The van der Waals surface area contributed by atoms with Gasteiger partial charge in [0.25, 0.3) is 5.91 Å². The fourth-order valence-corrected chi connectivity index (χ4v) is 3.53. The minimum Gasteiger partial charge on any atom is -0.384 e. The third-order valence-electron chi connectivity index (χ3n) is 4.92. The number of hydrogen-bond donors (Lipinski definition) is 2. The van der Waals surface area contributed by atoms with Crippen LogP contribution in [0.25, 0.3) is 0 Å². The molecule has 1 aromatic carbocycles. The number of benzene rings is 1. The van der Waals surface area contributed by atoms with Gasteiger partial charge < -0.3 is 20.6 Å². The first kappa shape index (κ1) is 17.4. The van der Waals surface area contributed by atoms with E-state index in [1.807, 2.05) is 49.3 Å². The number of likely N-dealkylation sites (N-methyl/N-ethyl adjacent to an activating group) is 1. The molecule has 2 aromatic rings. The van der Waals surface area contributed by atoms with Crippen LogP contribution in [0.4, 0.5) is 5.82 Å². The van der Waals surface area contributed by atoms with Gasteiger partial charge in [0.1, 0.15) is 11.4 Å². The van der Waals surface area contributed by atoms with Gasteiger partial charge in [-0.2, -0.15) is 0 Å². The summed E-state index contributed by atoms with van der Waals surface area (Å²) in [4.78, 5) is 20.5. The van der Waals surface area contributed by atoms with Crippen LogP contribution in [-0.2, 0) is 5.60 Å². The van der Waals surface area contributed by atoms with Gasteiger partial charge in [0.05, 0.1) is 6.04 Å². The van der Waals surface area contributed by atoms with Crippen molar-refractivity contribution in [2.45, 2.75) is 18.1 Å². The van der Waals surface area contributed by atoms with Crippen LogP contribution in [0.2, 0.25) is 0 Å². The Labute approximate surface area is 147 Å². The number of carbonyl (C=O) groups is 1. The lowest BCUT2D eigenvalue weighted by Gasteiger charge is -2.47. The summed E-state index contributed by atoms with van der Waals surface area (Å²) in [5.74, 6) is 0.240. The quantitative estimate of drug-likeness (QED) is 0.881. The Morgan fingerprint density at radius 3 is 2.68 bits per heavy atom. The Bertz CT molecular complexity index is 750. The Morgan fingerprint density at radius 2 is 2.04 bits per heavy atom. The highest BCUT2D eigenvalue weighted by molar-refractivity contribution is 5.94. The maximum absolute atomic E-state index is 12.8. The van der Waals surface area contributed by atoms with Crippen molar-refractivity contribution in [1.29, 1.82) is 0 Å². The number of hydrogen-bond acceptors (Lipinski definition) is 5. The fourth-order valence-electron chi connectivity index (χ4n) is 3.53. The number of rotatable bonds is 3. The van der Waals surface area contributed by atoms with Crippen LogP contribution in [0.15, 0.2) is 48.7 Å². The third kappa shape index (κ3) is 3.36. The smallest absolute Gasteiger partial charge is 0.254 e. The number of anilines is 1. The summed E-state index contributed by atoms with van der Waals surface area (Å²) in [5.41, 5.74) is 6.11. The molecule has 0 radical (unpaired) electrons. The van der Waals surface area contributed by atoms with Crippen molar-refractivity contribution < 1.29 is 9.90 Å². The molecular formula is C19H24N4O2. The number of nitrogen functional groups attached to an aromatic ring is 1. The van der Waals surface area contributed by atoms with Crippen LogP contribution in [0.5, 0.6) is 0 Å². The molecule has 132 valence electrons. The molecule has 0 unspecified atom stereocenters. The van der Waals surface area contributed by atoms with E-state index in [2.05, 4.69) is 4.98 Å². The van der Waals surface area contributed by atoms with Crippen molar-refractivity contribution in [3.8, 4) is 0 Å². The molecule has 0 bridgehead atoms. The maximum atomic E-state index is 12.8. The molecule has 2 atom stereocenters. The van der Waals surface area contributed by atoms with E-state index in [1.54, 1.807) is 17.0 Å². The lowest BCUT2D eigenvalue weighted by atomic mass is 9.79. The highest BCUT2D eigenvalue weighted by Gasteiger charge is 2.45. The first-order valence-electron chi connectivity index (χ1n) is 8.37. The van der Waals surface area contributed by atoms with E-state index in [0.29, 0.717) is 30.9 Å². The zero-order valence-electron chi connectivity index (χ0n) is 14.6. The van der Waals surface area contributed by atoms with Crippen molar-refractivity contribution in [3.05, 3.63) is 59.8 Å². The van der Waals surface area contributed by atoms with E-state index < -0.39 is 5.60 Å². The van der Waals surface area contributed by atoms with Crippen LogP contribution in [0, 0.1) is 0 Å². The molecule has 0 spiro atoms. The molecule has 1 aromatic heterocycles. The molecule has 1 aliphatic rings. The number of nitrogens with zero attached hydrogens (tertiary/aromatic N) is 3. The lowest BCUT2D eigenvalue weighted by molar-refractivity contribution is -0.0810. The average Bonchev–Trinajstić information content (AvgIpc) is 2.62. The largest absolute Gasteiger partial charge is 0.384 e. The number of aliphatic hydroxyl groups is 1. The van der Waals surface area contributed by atoms with Crippen LogP contribution < -0.4 is 5.73 Å². The molecule has 1 aliphatic heterocycles. The molecule has 6 nitrogen and oxygen atoms in total. The number of pyridine rings is 1. The fraction of sp³-hybridized carbons (Fsp3) is 0.368. The standard InChI is InChI=1S/C19H24N4O2/c1-22(2)16-13-23(18(24)14-8-10-21-17(20)12-14)11-9-19(16,25)15-6-4-3-5-7-15/h3-8,10,12,16,25H,9,11,13H2,1-2H3,(H2,20,21)/t16-,19+/m1/s1. The molecule has 2 heterocycles. The highest BCUT2D eigenvalue weighted by Crippen LogP contribution is 2.35. The van der Waals surface area contributed by atoms with E-state index >= 15 is 0 Å².